The normalized spacial score (nSPS) is 23.3. The Morgan fingerprint density at radius 1 is 1.04 bits per heavy atom. The summed E-state index contributed by atoms with van der Waals surface area (Å²) >= 11 is 0. The highest BCUT2D eigenvalue weighted by atomic mass is 16.5. The van der Waals surface area contributed by atoms with Gasteiger partial charge < -0.3 is 14.2 Å². The first-order chi connectivity index (χ1) is 13.4. The minimum absolute atomic E-state index is 0.572. The van der Waals surface area contributed by atoms with Crippen LogP contribution in [0, 0.1) is 5.92 Å². The molecule has 4 heterocycles. The van der Waals surface area contributed by atoms with Crippen molar-refractivity contribution in [2.45, 2.75) is 18.9 Å². The largest absolute Gasteiger partial charge is 0.477 e. The lowest BCUT2D eigenvalue weighted by Crippen LogP contribution is -2.57. The molecule has 0 aliphatic carbocycles. The molecule has 0 N–H and O–H groups in total. The number of pyridine rings is 1. The highest BCUT2D eigenvalue weighted by molar-refractivity contribution is 5.88. The van der Waals surface area contributed by atoms with Gasteiger partial charge in [0.15, 0.2) is 11.4 Å². The molecule has 2 saturated heterocycles. The maximum atomic E-state index is 5.88. The van der Waals surface area contributed by atoms with E-state index in [0.29, 0.717) is 12.0 Å². The average Bonchev–Trinajstić information content (AvgIpc) is 3.17. The van der Waals surface area contributed by atoms with Gasteiger partial charge in [-0.05, 0) is 31.0 Å². The molecule has 6 nitrogen and oxygen atoms in total. The number of hydrogen-bond acceptors (Lipinski definition) is 6. The Labute approximate surface area is 158 Å². The quantitative estimate of drug-likeness (QED) is 0.709. The van der Waals surface area contributed by atoms with E-state index >= 15 is 0 Å². The van der Waals surface area contributed by atoms with Crippen molar-refractivity contribution in [3.63, 3.8) is 0 Å². The molecule has 0 saturated carbocycles. The third kappa shape index (κ3) is 3.37. The smallest absolute Gasteiger partial charge is 0.213 e. The summed E-state index contributed by atoms with van der Waals surface area (Å²) in [6.07, 6.45) is 4.17. The Bertz CT molecular complexity index is 897. The van der Waals surface area contributed by atoms with Crippen LogP contribution in [0.25, 0.3) is 11.0 Å². The van der Waals surface area contributed by atoms with Gasteiger partial charge in [0, 0.05) is 50.4 Å². The SMILES string of the molecule is c1ccc(OC[C@@H]2CC[C@H]3CN(c4noc5ccccc45)CCN3C2)nc1. The third-order valence-electron chi connectivity index (χ3n) is 5.77. The van der Waals surface area contributed by atoms with Crippen LogP contribution in [0.5, 0.6) is 5.88 Å². The Kier molecular flexibility index (Phi) is 4.41. The Morgan fingerprint density at radius 2 is 1.96 bits per heavy atom. The first-order valence-electron chi connectivity index (χ1n) is 9.74. The van der Waals surface area contributed by atoms with E-state index in [4.69, 9.17) is 9.26 Å². The summed E-state index contributed by atoms with van der Waals surface area (Å²) in [6, 6.07) is 14.5. The van der Waals surface area contributed by atoms with Gasteiger partial charge in [0.2, 0.25) is 5.88 Å². The van der Waals surface area contributed by atoms with Crippen LogP contribution < -0.4 is 9.64 Å². The second-order valence-corrected chi connectivity index (χ2v) is 7.52. The molecule has 27 heavy (non-hydrogen) atoms. The van der Waals surface area contributed by atoms with Crippen LogP contribution in [-0.2, 0) is 0 Å². The van der Waals surface area contributed by atoms with Crippen molar-refractivity contribution < 1.29 is 9.26 Å². The maximum absolute atomic E-state index is 5.88. The molecule has 2 aromatic heterocycles. The van der Waals surface area contributed by atoms with Crippen molar-refractivity contribution >= 4 is 16.8 Å². The molecular weight excluding hydrogens is 340 g/mol. The predicted octanol–water partition coefficient (Wildman–Crippen LogP) is 3.20. The summed E-state index contributed by atoms with van der Waals surface area (Å²) in [5.41, 5.74) is 0.866. The molecule has 1 aromatic carbocycles. The van der Waals surface area contributed by atoms with Gasteiger partial charge >= 0.3 is 0 Å². The molecule has 2 fully saturated rings. The number of rotatable bonds is 4. The average molecular weight is 364 g/mol. The van der Waals surface area contributed by atoms with Gasteiger partial charge in [-0.3, -0.25) is 4.90 Å². The zero-order valence-electron chi connectivity index (χ0n) is 15.3. The van der Waals surface area contributed by atoms with Crippen LogP contribution >= 0.6 is 0 Å². The Balaban J connectivity index is 1.20. The molecule has 2 atom stereocenters. The number of hydrogen-bond donors (Lipinski definition) is 0. The second kappa shape index (κ2) is 7.19. The van der Waals surface area contributed by atoms with Gasteiger partial charge in [0.1, 0.15) is 0 Å². The molecule has 5 rings (SSSR count). The second-order valence-electron chi connectivity index (χ2n) is 7.52. The lowest BCUT2D eigenvalue weighted by molar-refractivity contribution is 0.0717. The summed E-state index contributed by atoms with van der Waals surface area (Å²) in [5, 5.41) is 5.45. The van der Waals surface area contributed by atoms with Gasteiger partial charge in [-0.15, -0.1) is 0 Å². The van der Waals surface area contributed by atoms with Crippen LogP contribution in [0.1, 0.15) is 12.8 Å². The number of fused-ring (bicyclic) bond motifs is 2. The van der Waals surface area contributed by atoms with Crippen LogP contribution in [0.15, 0.2) is 53.2 Å². The molecule has 2 aliphatic rings. The number of piperazine rings is 1. The van der Waals surface area contributed by atoms with Crippen LogP contribution in [0.4, 0.5) is 5.82 Å². The first-order valence-corrected chi connectivity index (χ1v) is 9.74. The van der Waals surface area contributed by atoms with E-state index < -0.39 is 0 Å². The van der Waals surface area contributed by atoms with E-state index in [2.05, 4.69) is 26.0 Å². The van der Waals surface area contributed by atoms with Crippen molar-refractivity contribution in [1.29, 1.82) is 0 Å². The maximum Gasteiger partial charge on any atom is 0.213 e. The minimum Gasteiger partial charge on any atom is -0.477 e. The highest BCUT2D eigenvalue weighted by Crippen LogP contribution is 2.31. The van der Waals surface area contributed by atoms with E-state index in [0.717, 1.165) is 55.5 Å². The van der Waals surface area contributed by atoms with Crippen LogP contribution in [0.3, 0.4) is 0 Å². The molecule has 140 valence electrons. The summed E-state index contributed by atoms with van der Waals surface area (Å²) in [5.74, 6) is 2.29. The van der Waals surface area contributed by atoms with Gasteiger partial charge in [0.25, 0.3) is 0 Å². The molecular formula is C21H24N4O2. The zero-order valence-corrected chi connectivity index (χ0v) is 15.3. The number of anilines is 1. The van der Waals surface area contributed by atoms with E-state index in [1.807, 2.05) is 36.4 Å². The monoisotopic (exact) mass is 364 g/mol. The predicted molar refractivity (Wildman–Crippen MR) is 104 cm³/mol. The van der Waals surface area contributed by atoms with E-state index in [1.54, 1.807) is 6.20 Å². The van der Waals surface area contributed by atoms with Crippen molar-refractivity contribution in [2.75, 3.05) is 37.7 Å². The number of ether oxygens (including phenoxy) is 1. The summed E-state index contributed by atoms with van der Waals surface area (Å²) in [7, 11) is 0. The molecule has 2 aliphatic heterocycles. The zero-order chi connectivity index (χ0) is 18.1. The van der Waals surface area contributed by atoms with E-state index in [9.17, 15) is 0 Å². The minimum atomic E-state index is 0.572. The molecule has 0 radical (unpaired) electrons. The molecule has 0 spiro atoms. The lowest BCUT2D eigenvalue weighted by Gasteiger charge is -2.46. The Hall–Kier alpha value is -2.60. The summed E-state index contributed by atoms with van der Waals surface area (Å²) < 4.78 is 11.4. The fourth-order valence-corrected chi connectivity index (χ4v) is 4.32. The fraction of sp³-hybridized carbons (Fsp3) is 0.429. The van der Waals surface area contributed by atoms with E-state index in [-0.39, 0.29) is 0 Å². The number of aromatic nitrogens is 2. The van der Waals surface area contributed by atoms with Gasteiger partial charge in [-0.2, -0.15) is 0 Å². The lowest BCUT2D eigenvalue weighted by atomic mass is 9.91. The Morgan fingerprint density at radius 3 is 2.89 bits per heavy atom. The summed E-state index contributed by atoms with van der Waals surface area (Å²) in [4.78, 5) is 9.26. The highest BCUT2D eigenvalue weighted by Gasteiger charge is 2.34. The number of benzene rings is 1. The third-order valence-corrected chi connectivity index (χ3v) is 5.77. The molecule has 6 heteroatoms. The van der Waals surface area contributed by atoms with Crippen molar-refractivity contribution in [3.8, 4) is 5.88 Å². The van der Waals surface area contributed by atoms with Crippen molar-refractivity contribution in [3.05, 3.63) is 48.7 Å². The topological polar surface area (TPSA) is 54.6 Å². The fourth-order valence-electron chi connectivity index (χ4n) is 4.32. The van der Waals surface area contributed by atoms with Crippen molar-refractivity contribution in [1.82, 2.24) is 15.0 Å². The standard InChI is InChI=1S/C21H24N4O2/c1-2-6-19-18(5-1)21(23-27-19)25-12-11-24-13-16(8-9-17(24)14-25)15-26-20-7-3-4-10-22-20/h1-7,10,16-17H,8-9,11-15H2/t16-,17+/m1/s1. The van der Waals surface area contributed by atoms with Gasteiger partial charge in [0.05, 0.1) is 12.0 Å². The summed E-state index contributed by atoms with van der Waals surface area (Å²) in [6.45, 7) is 4.92. The van der Waals surface area contributed by atoms with Crippen LogP contribution in [-0.4, -0.2) is 53.9 Å². The van der Waals surface area contributed by atoms with Gasteiger partial charge in [-0.25, -0.2) is 4.98 Å². The first kappa shape index (κ1) is 16.6. The number of piperidine rings is 1. The van der Waals surface area contributed by atoms with Gasteiger partial charge in [-0.1, -0.05) is 23.4 Å². The molecule has 0 amide bonds. The van der Waals surface area contributed by atoms with Crippen LogP contribution in [0.2, 0.25) is 0 Å². The van der Waals surface area contributed by atoms with E-state index in [1.165, 1.54) is 12.8 Å². The molecule has 3 aromatic rings. The van der Waals surface area contributed by atoms with Crippen molar-refractivity contribution in [2.24, 2.45) is 5.92 Å². The number of para-hydroxylation sites is 1. The molecule has 0 bridgehead atoms. The number of nitrogens with zero attached hydrogens (tertiary/aromatic N) is 4. The molecule has 0 unspecified atom stereocenters.